The first kappa shape index (κ1) is 22.3. The fourth-order valence-corrected chi connectivity index (χ4v) is 4.30. The first-order chi connectivity index (χ1) is 14.2. The van der Waals surface area contributed by atoms with E-state index in [9.17, 15) is 4.79 Å². The number of aromatic nitrogens is 1. The molecule has 2 aromatic carbocycles. The second-order valence-corrected chi connectivity index (χ2v) is 8.13. The third-order valence-corrected chi connectivity index (χ3v) is 6.00. The molecule has 7 heteroatoms. The van der Waals surface area contributed by atoms with Crippen LogP contribution in [-0.2, 0) is 30.7 Å². The molecule has 0 spiro atoms. The van der Waals surface area contributed by atoms with Crippen molar-refractivity contribution in [2.45, 2.75) is 32.4 Å². The fourth-order valence-electron chi connectivity index (χ4n) is 3.59. The number of fused-ring (bicyclic) bond motifs is 1. The number of nitrogens with zero attached hydrogens (tertiary/aromatic N) is 2. The molecule has 0 saturated heterocycles. The Morgan fingerprint density at radius 2 is 1.93 bits per heavy atom. The van der Waals surface area contributed by atoms with E-state index in [1.54, 1.807) is 7.11 Å². The summed E-state index contributed by atoms with van der Waals surface area (Å²) in [7, 11) is 1.65. The Labute approximate surface area is 187 Å². The number of anilines is 1. The van der Waals surface area contributed by atoms with Crippen molar-refractivity contribution in [3.63, 3.8) is 0 Å². The molecule has 0 unspecified atom stereocenters. The number of benzene rings is 2. The van der Waals surface area contributed by atoms with E-state index >= 15 is 0 Å². The van der Waals surface area contributed by atoms with Crippen LogP contribution in [0.5, 0.6) is 5.75 Å². The van der Waals surface area contributed by atoms with Gasteiger partial charge < -0.3 is 10.1 Å². The summed E-state index contributed by atoms with van der Waals surface area (Å²) in [6.45, 7) is 2.81. The molecule has 1 amide bonds. The normalized spacial score (nSPS) is 13.2. The van der Waals surface area contributed by atoms with Gasteiger partial charge in [-0.05, 0) is 41.7 Å². The Morgan fingerprint density at radius 3 is 2.70 bits per heavy atom. The van der Waals surface area contributed by atoms with Gasteiger partial charge in [0.05, 0.1) is 12.8 Å². The minimum atomic E-state index is -0.00591. The number of methoxy groups -OCH3 is 1. The summed E-state index contributed by atoms with van der Waals surface area (Å²) in [6, 6.07) is 16.4. The van der Waals surface area contributed by atoms with Gasteiger partial charge in [-0.2, -0.15) is 0 Å². The van der Waals surface area contributed by atoms with Gasteiger partial charge in [0.2, 0.25) is 5.91 Å². The predicted molar refractivity (Wildman–Crippen MR) is 124 cm³/mol. The van der Waals surface area contributed by atoms with Crippen molar-refractivity contribution in [1.82, 2.24) is 9.88 Å². The smallest absolute Gasteiger partial charge is 0.226 e. The molecule has 0 aliphatic carbocycles. The van der Waals surface area contributed by atoms with Crippen molar-refractivity contribution in [3.05, 3.63) is 76.3 Å². The van der Waals surface area contributed by atoms with Gasteiger partial charge in [0.15, 0.2) is 5.13 Å². The molecule has 1 aliphatic heterocycles. The molecular formula is C23H26ClN3O2S. The average molecular weight is 444 g/mol. The molecule has 4 rings (SSSR count). The first-order valence-electron chi connectivity index (χ1n) is 9.86. The number of carbonyl (C=O) groups excluding carboxylic acids is 1. The van der Waals surface area contributed by atoms with Crippen LogP contribution in [0.4, 0.5) is 5.13 Å². The fraction of sp³-hybridized carbons (Fsp3) is 0.304. The maximum absolute atomic E-state index is 12.3. The molecule has 1 aromatic heterocycles. The number of nitrogens with one attached hydrogen (secondary N) is 1. The zero-order valence-electron chi connectivity index (χ0n) is 17.0. The van der Waals surface area contributed by atoms with Crippen LogP contribution >= 0.6 is 23.7 Å². The third-order valence-electron chi connectivity index (χ3n) is 5.19. The highest BCUT2D eigenvalue weighted by Gasteiger charge is 2.17. The maximum atomic E-state index is 12.3. The standard InChI is InChI=1S/C23H25N3O2S.ClH/c1-28-21-9-6-17(7-10-21)8-11-22(27)25-23-24-20(16-29-23)15-26-13-12-18-4-2-3-5-19(18)14-26;/h2-7,9-10,16H,8,11-15H2,1H3,(H,24,25,27);1H. The van der Waals surface area contributed by atoms with Gasteiger partial charge in [-0.3, -0.25) is 9.69 Å². The SMILES string of the molecule is COc1ccc(CCC(=O)Nc2nc(CN3CCc4ccccc4C3)cs2)cc1.Cl. The van der Waals surface area contributed by atoms with Crippen LogP contribution in [0.2, 0.25) is 0 Å². The minimum Gasteiger partial charge on any atom is -0.497 e. The number of ether oxygens (including phenoxy) is 1. The molecule has 0 fully saturated rings. The topological polar surface area (TPSA) is 54.5 Å². The summed E-state index contributed by atoms with van der Waals surface area (Å²) in [5, 5.41) is 5.65. The van der Waals surface area contributed by atoms with Gasteiger partial charge in [-0.25, -0.2) is 4.98 Å². The molecule has 5 nitrogen and oxygen atoms in total. The summed E-state index contributed by atoms with van der Waals surface area (Å²) in [4.78, 5) is 19.3. The van der Waals surface area contributed by atoms with Crippen molar-refractivity contribution < 1.29 is 9.53 Å². The van der Waals surface area contributed by atoms with Crippen molar-refractivity contribution in [1.29, 1.82) is 0 Å². The molecule has 1 N–H and O–H groups in total. The van der Waals surface area contributed by atoms with Crippen LogP contribution < -0.4 is 10.1 Å². The monoisotopic (exact) mass is 443 g/mol. The van der Waals surface area contributed by atoms with E-state index in [1.165, 1.54) is 22.5 Å². The summed E-state index contributed by atoms with van der Waals surface area (Å²) in [5.74, 6) is 0.819. The first-order valence-corrected chi connectivity index (χ1v) is 10.7. The van der Waals surface area contributed by atoms with E-state index < -0.39 is 0 Å². The Bertz CT molecular complexity index is 975. The predicted octanol–water partition coefficient (Wildman–Crippen LogP) is 4.70. The number of halogens is 1. The van der Waals surface area contributed by atoms with Crippen LogP contribution in [0.25, 0.3) is 0 Å². The van der Waals surface area contributed by atoms with E-state index in [0.29, 0.717) is 18.0 Å². The summed E-state index contributed by atoms with van der Waals surface area (Å²) in [6.07, 6.45) is 2.21. The van der Waals surface area contributed by atoms with Crippen LogP contribution in [0, 0.1) is 0 Å². The molecule has 2 heterocycles. The molecule has 1 aliphatic rings. The number of hydrogen-bond donors (Lipinski definition) is 1. The molecule has 0 atom stereocenters. The van der Waals surface area contributed by atoms with Crippen LogP contribution in [0.1, 0.15) is 28.8 Å². The van der Waals surface area contributed by atoms with Gasteiger partial charge in [0, 0.05) is 31.4 Å². The Morgan fingerprint density at radius 1 is 1.17 bits per heavy atom. The second kappa shape index (κ2) is 10.6. The zero-order chi connectivity index (χ0) is 20.1. The van der Waals surface area contributed by atoms with Gasteiger partial charge in [0.25, 0.3) is 0 Å². The summed E-state index contributed by atoms with van der Waals surface area (Å²) < 4.78 is 5.16. The van der Waals surface area contributed by atoms with E-state index in [0.717, 1.165) is 43.1 Å². The lowest BCUT2D eigenvalue weighted by atomic mass is 10.00. The Hall–Kier alpha value is -2.41. The molecule has 3 aromatic rings. The number of thiazole rings is 1. The molecule has 0 bridgehead atoms. The zero-order valence-corrected chi connectivity index (χ0v) is 18.6. The highest BCUT2D eigenvalue weighted by Crippen LogP contribution is 2.22. The van der Waals surface area contributed by atoms with Crippen LogP contribution in [0.3, 0.4) is 0 Å². The van der Waals surface area contributed by atoms with E-state index in [4.69, 9.17) is 4.74 Å². The van der Waals surface area contributed by atoms with Crippen LogP contribution in [0.15, 0.2) is 53.9 Å². The van der Waals surface area contributed by atoms with Crippen molar-refractivity contribution >= 4 is 34.8 Å². The van der Waals surface area contributed by atoms with Crippen LogP contribution in [-0.4, -0.2) is 29.4 Å². The quantitative estimate of drug-likeness (QED) is 0.574. The number of carbonyl (C=O) groups is 1. The number of amides is 1. The van der Waals surface area contributed by atoms with Crippen molar-refractivity contribution in [3.8, 4) is 5.75 Å². The average Bonchev–Trinajstić information content (AvgIpc) is 3.19. The molecule has 30 heavy (non-hydrogen) atoms. The van der Waals surface area contributed by atoms with E-state index in [-0.39, 0.29) is 18.3 Å². The second-order valence-electron chi connectivity index (χ2n) is 7.27. The lowest BCUT2D eigenvalue weighted by Gasteiger charge is -2.27. The Kier molecular flexibility index (Phi) is 7.85. The van der Waals surface area contributed by atoms with Gasteiger partial charge >= 0.3 is 0 Å². The third kappa shape index (κ3) is 5.81. The number of rotatable bonds is 7. The number of aryl methyl sites for hydroxylation is 1. The summed E-state index contributed by atoms with van der Waals surface area (Å²) >= 11 is 1.49. The highest BCUT2D eigenvalue weighted by atomic mass is 35.5. The van der Waals surface area contributed by atoms with E-state index in [2.05, 4.69) is 39.5 Å². The largest absolute Gasteiger partial charge is 0.497 e. The molecule has 158 valence electrons. The lowest BCUT2D eigenvalue weighted by Crippen LogP contribution is -2.30. The number of hydrogen-bond acceptors (Lipinski definition) is 5. The highest BCUT2D eigenvalue weighted by molar-refractivity contribution is 7.13. The van der Waals surface area contributed by atoms with Crippen molar-refractivity contribution in [2.75, 3.05) is 19.0 Å². The van der Waals surface area contributed by atoms with Gasteiger partial charge in [-0.1, -0.05) is 36.4 Å². The van der Waals surface area contributed by atoms with Crippen molar-refractivity contribution in [2.24, 2.45) is 0 Å². The molecular weight excluding hydrogens is 418 g/mol. The Balaban J connectivity index is 0.00000256. The minimum absolute atomic E-state index is 0. The lowest BCUT2D eigenvalue weighted by molar-refractivity contribution is -0.116. The molecule has 0 saturated carbocycles. The molecule has 0 radical (unpaired) electrons. The van der Waals surface area contributed by atoms with Gasteiger partial charge in [0.1, 0.15) is 5.75 Å². The summed E-state index contributed by atoms with van der Waals surface area (Å²) in [5.41, 5.74) is 4.99. The maximum Gasteiger partial charge on any atom is 0.226 e. The van der Waals surface area contributed by atoms with Gasteiger partial charge in [-0.15, -0.1) is 23.7 Å². The van der Waals surface area contributed by atoms with E-state index in [1.807, 2.05) is 29.6 Å².